The van der Waals surface area contributed by atoms with Gasteiger partial charge in [0.05, 0.1) is 26.2 Å². The third-order valence-corrected chi connectivity index (χ3v) is 6.44. The normalized spacial score (nSPS) is 11.0. The Morgan fingerprint density at radius 3 is 2.08 bits per heavy atom. The van der Waals surface area contributed by atoms with Crippen LogP contribution in [0.3, 0.4) is 0 Å². The Labute approximate surface area is 215 Å². The van der Waals surface area contributed by atoms with Crippen LogP contribution in [-0.4, -0.2) is 40.8 Å². The Bertz CT molecular complexity index is 1360. The lowest BCUT2D eigenvalue weighted by Crippen LogP contribution is -2.32. The van der Waals surface area contributed by atoms with Crippen molar-refractivity contribution in [2.45, 2.75) is 4.90 Å². The molecule has 3 N–H and O–H groups in total. The van der Waals surface area contributed by atoms with Crippen molar-refractivity contribution in [3.8, 4) is 17.2 Å². The second-order valence-corrected chi connectivity index (χ2v) is 9.34. The summed E-state index contributed by atoms with van der Waals surface area (Å²) in [6.07, 6.45) is 2.94. The maximum absolute atomic E-state index is 12.6. The molecule has 9 nitrogen and oxygen atoms in total. The summed E-state index contributed by atoms with van der Waals surface area (Å²) in [6.45, 7) is 0. The van der Waals surface area contributed by atoms with E-state index in [2.05, 4.69) is 15.4 Å². The van der Waals surface area contributed by atoms with Crippen LogP contribution in [0.5, 0.6) is 17.2 Å². The van der Waals surface area contributed by atoms with Crippen LogP contribution in [0.15, 0.2) is 77.7 Å². The number of ether oxygens (including phenoxy) is 3. The molecule has 0 radical (unpaired) electrons. The van der Waals surface area contributed by atoms with Crippen LogP contribution in [0.25, 0.3) is 6.08 Å². The number of sulfonamides is 1. The topological polar surface area (TPSA) is 115 Å². The molecule has 0 aromatic heterocycles. The zero-order valence-corrected chi connectivity index (χ0v) is 21.4. The van der Waals surface area contributed by atoms with Crippen molar-refractivity contribution < 1.29 is 27.4 Å². The standard InChI is InChI=1S/C25H25N3O6S2/c1-32-20-10-6-19(7-11-20)28-36(30,31)21-12-8-18(9-13-21)26-25(35)27-24(29)15-5-17-4-14-22(33-2)23(16-17)34-3/h4-16,28H,1-3H3,(H2,26,27,29,35)/b15-5+. The van der Waals surface area contributed by atoms with Gasteiger partial charge in [0.2, 0.25) is 5.91 Å². The van der Waals surface area contributed by atoms with Crippen LogP contribution in [-0.2, 0) is 14.8 Å². The van der Waals surface area contributed by atoms with E-state index in [1.165, 1.54) is 32.4 Å². The molecular formula is C25H25N3O6S2. The molecule has 3 aromatic carbocycles. The quantitative estimate of drug-likeness (QED) is 0.282. The van der Waals surface area contributed by atoms with Gasteiger partial charge in [-0.25, -0.2) is 8.42 Å². The minimum absolute atomic E-state index is 0.0592. The number of carbonyl (C=O) groups excluding carboxylic acids is 1. The van der Waals surface area contributed by atoms with E-state index < -0.39 is 15.9 Å². The Hall–Kier alpha value is -4.09. The van der Waals surface area contributed by atoms with E-state index in [-0.39, 0.29) is 10.0 Å². The van der Waals surface area contributed by atoms with Crippen molar-refractivity contribution >= 4 is 50.7 Å². The summed E-state index contributed by atoms with van der Waals surface area (Å²) in [6, 6.07) is 17.7. The van der Waals surface area contributed by atoms with E-state index in [1.807, 2.05) is 0 Å². The molecule has 0 aliphatic carbocycles. The van der Waals surface area contributed by atoms with Crippen LogP contribution in [0, 0.1) is 0 Å². The fraction of sp³-hybridized carbons (Fsp3) is 0.120. The van der Waals surface area contributed by atoms with Crippen molar-refractivity contribution in [3.05, 3.63) is 78.4 Å². The molecule has 3 aromatic rings. The first-order chi connectivity index (χ1) is 17.2. The average molecular weight is 528 g/mol. The molecule has 3 rings (SSSR count). The Morgan fingerprint density at radius 1 is 0.833 bits per heavy atom. The molecule has 0 atom stereocenters. The van der Waals surface area contributed by atoms with E-state index >= 15 is 0 Å². The second-order valence-electron chi connectivity index (χ2n) is 7.25. The number of thiocarbonyl (C=S) groups is 1. The number of anilines is 2. The number of nitrogens with one attached hydrogen (secondary N) is 3. The minimum atomic E-state index is -3.79. The molecule has 36 heavy (non-hydrogen) atoms. The van der Waals surface area contributed by atoms with E-state index in [1.54, 1.807) is 67.8 Å². The number of carbonyl (C=O) groups is 1. The van der Waals surface area contributed by atoms with Crippen molar-refractivity contribution in [2.75, 3.05) is 31.4 Å². The predicted octanol–water partition coefficient (Wildman–Crippen LogP) is 4.04. The van der Waals surface area contributed by atoms with Gasteiger partial charge in [0.25, 0.3) is 10.0 Å². The lowest BCUT2D eigenvalue weighted by atomic mass is 10.2. The summed E-state index contributed by atoms with van der Waals surface area (Å²) in [4.78, 5) is 12.3. The van der Waals surface area contributed by atoms with Crippen molar-refractivity contribution in [3.63, 3.8) is 0 Å². The van der Waals surface area contributed by atoms with Gasteiger partial charge in [-0.15, -0.1) is 0 Å². The highest BCUT2D eigenvalue weighted by Gasteiger charge is 2.14. The molecular weight excluding hydrogens is 502 g/mol. The largest absolute Gasteiger partial charge is 0.497 e. The number of hydrogen-bond acceptors (Lipinski definition) is 7. The summed E-state index contributed by atoms with van der Waals surface area (Å²) < 4.78 is 43.3. The average Bonchev–Trinajstić information content (AvgIpc) is 2.87. The van der Waals surface area contributed by atoms with Gasteiger partial charge in [-0.2, -0.15) is 0 Å². The molecule has 1 amide bonds. The first kappa shape index (κ1) is 26.5. The number of methoxy groups -OCH3 is 3. The number of hydrogen-bond donors (Lipinski definition) is 3. The maximum Gasteiger partial charge on any atom is 0.261 e. The molecule has 11 heteroatoms. The van der Waals surface area contributed by atoms with Crippen LogP contribution in [0.4, 0.5) is 11.4 Å². The molecule has 0 aliphatic rings. The third kappa shape index (κ3) is 7.20. The van der Waals surface area contributed by atoms with Crippen LogP contribution in [0.2, 0.25) is 0 Å². The molecule has 0 spiro atoms. The van der Waals surface area contributed by atoms with Gasteiger partial charge in [0.15, 0.2) is 16.6 Å². The van der Waals surface area contributed by atoms with Crippen molar-refractivity contribution in [1.82, 2.24) is 5.32 Å². The van der Waals surface area contributed by atoms with Gasteiger partial charge >= 0.3 is 0 Å². The summed E-state index contributed by atoms with van der Waals surface area (Å²) >= 11 is 5.17. The highest BCUT2D eigenvalue weighted by Crippen LogP contribution is 2.28. The van der Waals surface area contributed by atoms with Crippen LogP contribution < -0.4 is 29.6 Å². The molecule has 188 valence electrons. The maximum atomic E-state index is 12.6. The SMILES string of the molecule is COc1ccc(NS(=O)(=O)c2ccc(NC(=S)NC(=O)/C=C/c3ccc(OC)c(OC)c3)cc2)cc1. The Balaban J connectivity index is 1.56. The second kappa shape index (κ2) is 12.0. The third-order valence-electron chi connectivity index (χ3n) is 4.84. The zero-order valence-electron chi connectivity index (χ0n) is 19.8. The predicted molar refractivity (Wildman–Crippen MR) is 143 cm³/mol. The number of benzene rings is 3. The highest BCUT2D eigenvalue weighted by atomic mass is 32.2. The molecule has 0 unspecified atom stereocenters. The molecule has 0 saturated carbocycles. The summed E-state index contributed by atoms with van der Waals surface area (Å²) in [5.41, 5.74) is 1.65. The first-order valence-electron chi connectivity index (χ1n) is 10.5. The molecule has 0 aliphatic heterocycles. The number of amides is 1. The molecule has 0 heterocycles. The summed E-state index contributed by atoms with van der Waals surface area (Å²) in [5.74, 6) is 1.31. The Kier molecular flexibility index (Phi) is 8.87. The van der Waals surface area contributed by atoms with E-state index in [0.717, 1.165) is 5.56 Å². The van der Waals surface area contributed by atoms with E-state index in [9.17, 15) is 13.2 Å². The fourth-order valence-corrected chi connectivity index (χ4v) is 4.31. The first-order valence-corrected chi connectivity index (χ1v) is 12.4. The molecule has 0 fully saturated rings. The summed E-state index contributed by atoms with van der Waals surface area (Å²) in [7, 11) is 0.815. The van der Waals surface area contributed by atoms with Gasteiger partial charge in [0, 0.05) is 17.5 Å². The summed E-state index contributed by atoms with van der Waals surface area (Å²) in [5, 5.41) is 5.44. The van der Waals surface area contributed by atoms with Crippen molar-refractivity contribution in [2.24, 2.45) is 0 Å². The van der Waals surface area contributed by atoms with E-state index in [0.29, 0.717) is 28.6 Å². The zero-order chi connectivity index (χ0) is 26.1. The number of rotatable bonds is 9. The molecule has 0 saturated heterocycles. The van der Waals surface area contributed by atoms with Crippen LogP contribution in [0.1, 0.15) is 5.56 Å². The lowest BCUT2D eigenvalue weighted by molar-refractivity contribution is -0.115. The van der Waals surface area contributed by atoms with E-state index in [4.69, 9.17) is 26.4 Å². The van der Waals surface area contributed by atoms with Gasteiger partial charge < -0.3 is 19.5 Å². The highest BCUT2D eigenvalue weighted by molar-refractivity contribution is 7.92. The van der Waals surface area contributed by atoms with Crippen LogP contribution >= 0.6 is 12.2 Å². The monoisotopic (exact) mass is 527 g/mol. The van der Waals surface area contributed by atoms with Gasteiger partial charge in [-0.3, -0.25) is 14.8 Å². The smallest absolute Gasteiger partial charge is 0.261 e. The fourth-order valence-electron chi connectivity index (χ4n) is 3.03. The van der Waals surface area contributed by atoms with Gasteiger partial charge in [0.1, 0.15) is 5.75 Å². The Morgan fingerprint density at radius 2 is 1.47 bits per heavy atom. The minimum Gasteiger partial charge on any atom is -0.497 e. The lowest BCUT2D eigenvalue weighted by Gasteiger charge is -2.11. The van der Waals surface area contributed by atoms with Gasteiger partial charge in [-0.05, 0) is 84.5 Å². The van der Waals surface area contributed by atoms with Gasteiger partial charge in [-0.1, -0.05) is 6.07 Å². The van der Waals surface area contributed by atoms with Crippen molar-refractivity contribution in [1.29, 1.82) is 0 Å². The molecule has 0 bridgehead atoms.